The minimum atomic E-state index is -0.421. The highest BCUT2D eigenvalue weighted by Crippen LogP contribution is 2.22. The van der Waals surface area contributed by atoms with Gasteiger partial charge in [-0.1, -0.05) is 35.3 Å². The number of aromatic nitrogens is 1. The number of benzene rings is 2. The highest BCUT2D eigenvalue weighted by molar-refractivity contribution is 7.07. The van der Waals surface area contributed by atoms with Crippen molar-refractivity contribution in [3.05, 3.63) is 85.6 Å². The van der Waals surface area contributed by atoms with Crippen molar-refractivity contribution in [2.45, 2.75) is 25.4 Å². The van der Waals surface area contributed by atoms with E-state index in [-0.39, 0.29) is 10.9 Å². The smallest absolute Gasteiger partial charge is 0.281 e. The highest BCUT2D eigenvalue weighted by atomic mass is 35.5. The number of carbonyl (C=O) groups is 2. The van der Waals surface area contributed by atoms with Gasteiger partial charge in [0, 0.05) is 34.7 Å². The molecule has 2 amide bonds. The number of nitrogens with zero attached hydrogens (tertiary/aromatic N) is 2. The Morgan fingerprint density at radius 3 is 2.59 bits per heavy atom. The Hall–Kier alpha value is -2.41. The lowest BCUT2D eigenvalue weighted by Crippen LogP contribution is -2.25. The third-order valence-electron chi connectivity index (χ3n) is 4.50. The molecule has 2 aromatic carbocycles. The second kappa shape index (κ2) is 8.53. The summed E-state index contributed by atoms with van der Waals surface area (Å²) in [6.07, 6.45) is 3.99. The van der Waals surface area contributed by atoms with Gasteiger partial charge >= 0.3 is 0 Å². The molecule has 8 heteroatoms. The van der Waals surface area contributed by atoms with Crippen molar-refractivity contribution in [1.29, 1.82) is 0 Å². The molecule has 0 radical (unpaired) electrons. The van der Waals surface area contributed by atoms with Crippen LogP contribution in [0.1, 0.15) is 39.1 Å². The van der Waals surface area contributed by atoms with Crippen molar-refractivity contribution >= 4 is 46.4 Å². The average Bonchev–Trinajstić information content (AvgIpc) is 3.41. The lowest BCUT2D eigenvalue weighted by molar-refractivity contribution is 0.0949. The first-order chi connectivity index (χ1) is 14.0. The minimum Gasteiger partial charge on any atom is -0.349 e. The van der Waals surface area contributed by atoms with Crippen molar-refractivity contribution in [3.63, 3.8) is 0 Å². The monoisotopic (exact) mass is 445 g/mol. The van der Waals surface area contributed by atoms with Crippen LogP contribution in [0.4, 0.5) is 0 Å². The summed E-state index contributed by atoms with van der Waals surface area (Å²) >= 11 is 13.4. The average molecular weight is 446 g/mol. The number of hydrogen-bond acceptors (Lipinski definition) is 3. The highest BCUT2D eigenvalue weighted by Gasteiger charge is 2.23. The summed E-state index contributed by atoms with van der Waals surface area (Å²) in [5, 5.41) is 5.58. The normalized spacial score (nSPS) is 14.1. The van der Waals surface area contributed by atoms with E-state index in [2.05, 4.69) is 10.3 Å². The maximum Gasteiger partial charge on any atom is 0.281 e. The van der Waals surface area contributed by atoms with Gasteiger partial charge in [-0.05, 0) is 48.7 Å². The SMILES string of the molecule is O=C(NC1CC1)c1ccc(Cn2ccsc2=NC(=O)c2ccc(Cl)cc2Cl)cc1. The van der Waals surface area contributed by atoms with Gasteiger partial charge in [-0.25, -0.2) is 0 Å². The standard InChI is InChI=1S/C21H17Cl2N3O2S/c22-15-5-8-17(18(23)11-15)20(28)25-21-26(9-10-29-21)12-13-1-3-14(4-2-13)19(27)24-16-6-7-16/h1-5,8-11,16H,6-7,12H2,(H,24,27). The van der Waals surface area contributed by atoms with Crippen LogP contribution in [0.15, 0.2) is 59.0 Å². The number of amides is 2. The van der Waals surface area contributed by atoms with Gasteiger partial charge in [0.25, 0.3) is 11.8 Å². The quantitative estimate of drug-likeness (QED) is 0.626. The molecule has 1 saturated carbocycles. The first kappa shape index (κ1) is 19.9. The van der Waals surface area contributed by atoms with Crippen LogP contribution in [-0.4, -0.2) is 22.4 Å². The van der Waals surface area contributed by atoms with Gasteiger partial charge in [-0.3, -0.25) is 9.59 Å². The van der Waals surface area contributed by atoms with E-state index in [1.165, 1.54) is 17.4 Å². The van der Waals surface area contributed by atoms with Crippen LogP contribution < -0.4 is 10.1 Å². The molecule has 0 spiro atoms. The Balaban J connectivity index is 1.51. The number of thiazole rings is 1. The van der Waals surface area contributed by atoms with E-state index in [9.17, 15) is 9.59 Å². The Labute approximate surface area is 181 Å². The first-order valence-corrected chi connectivity index (χ1v) is 10.7. The molecule has 1 N–H and O–H groups in total. The third kappa shape index (κ3) is 4.96. The van der Waals surface area contributed by atoms with Crippen LogP contribution in [0.25, 0.3) is 0 Å². The number of rotatable bonds is 5. The molecule has 1 heterocycles. The topological polar surface area (TPSA) is 63.5 Å². The molecule has 0 atom stereocenters. The van der Waals surface area contributed by atoms with E-state index in [1.807, 2.05) is 40.4 Å². The van der Waals surface area contributed by atoms with Crippen LogP contribution in [0.5, 0.6) is 0 Å². The number of hydrogen-bond donors (Lipinski definition) is 1. The lowest BCUT2D eigenvalue weighted by atomic mass is 10.1. The molecular weight excluding hydrogens is 429 g/mol. The summed E-state index contributed by atoms with van der Waals surface area (Å²) in [5.74, 6) is -0.460. The predicted molar refractivity (Wildman–Crippen MR) is 115 cm³/mol. The molecule has 1 fully saturated rings. The second-order valence-electron chi connectivity index (χ2n) is 6.80. The van der Waals surface area contributed by atoms with Crippen LogP contribution in [0, 0.1) is 0 Å². The summed E-state index contributed by atoms with van der Waals surface area (Å²) in [4.78, 5) is 29.4. The fraction of sp³-hybridized carbons (Fsp3) is 0.190. The fourth-order valence-electron chi connectivity index (χ4n) is 2.77. The van der Waals surface area contributed by atoms with Gasteiger partial charge in [0.2, 0.25) is 0 Å². The van der Waals surface area contributed by atoms with Crippen LogP contribution in [-0.2, 0) is 6.54 Å². The maximum absolute atomic E-state index is 12.5. The van der Waals surface area contributed by atoms with Gasteiger partial charge in [0.1, 0.15) is 0 Å². The van der Waals surface area contributed by atoms with E-state index in [1.54, 1.807) is 12.1 Å². The van der Waals surface area contributed by atoms with Gasteiger partial charge in [0.15, 0.2) is 4.80 Å². The zero-order valence-corrected chi connectivity index (χ0v) is 17.6. The molecule has 4 rings (SSSR count). The summed E-state index contributed by atoms with van der Waals surface area (Å²) < 4.78 is 1.88. The van der Waals surface area contributed by atoms with Gasteiger partial charge in [0.05, 0.1) is 10.6 Å². The molecule has 29 heavy (non-hydrogen) atoms. The maximum atomic E-state index is 12.5. The third-order valence-corrected chi connectivity index (χ3v) is 5.84. The Bertz CT molecular complexity index is 1130. The summed E-state index contributed by atoms with van der Waals surface area (Å²) in [7, 11) is 0. The van der Waals surface area contributed by atoms with Gasteiger partial charge in [-0.15, -0.1) is 11.3 Å². The van der Waals surface area contributed by atoms with Gasteiger partial charge < -0.3 is 9.88 Å². The van der Waals surface area contributed by atoms with Gasteiger partial charge in [-0.2, -0.15) is 4.99 Å². The van der Waals surface area contributed by atoms with E-state index in [0.29, 0.717) is 33.5 Å². The fourth-order valence-corrected chi connectivity index (χ4v) is 3.99. The molecule has 3 aromatic rings. The van der Waals surface area contributed by atoms with Crippen LogP contribution >= 0.6 is 34.5 Å². The molecule has 5 nitrogen and oxygen atoms in total. The zero-order valence-electron chi connectivity index (χ0n) is 15.3. The molecule has 148 valence electrons. The number of nitrogens with one attached hydrogen (secondary N) is 1. The Morgan fingerprint density at radius 2 is 1.90 bits per heavy atom. The zero-order chi connectivity index (χ0) is 20.4. The molecule has 1 aromatic heterocycles. The molecule has 0 aliphatic heterocycles. The van der Waals surface area contributed by atoms with Crippen LogP contribution in [0.2, 0.25) is 10.0 Å². The number of halogens is 2. The summed E-state index contributed by atoms with van der Waals surface area (Å²) in [6, 6.07) is 12.5. The first-order valence-electron chi connectivity index (χ1n) is 9.07. The second-order valence-corrected chi connectivity index (χ2v) is 8.52. The van der Waals surface area contributed by atoms with Crippen LogP contribution in [0.3, 0.4) is 0 Å². The minimum absolute atomic E-state index is 0.0386. The van der Waals surface area contributed by atoms with Crippen molar-refractivity contribution < 1.29 is 9.59 Å². The van der Waals surface area contributed by atoms with Crippen molar-refractivity contribution in [2.75, 3.05) is 0 Å². The van der Waals surface area contributed by atoms with E-state index >= 15 is 0 Å². The van der Waals surface area contributed by atoms with Crippen molar-refractivity contribution in [3.8, 4) is 0 Å². The summed E-state index contributed by atoms with van der Waals surface area (Å²) in [6.45, 7) is 0.536. The summed E-state index contributed by atoms with van der Waals surface area (Å²) in [5.41, 5.74) is 1.96. The van der Waals surface area contributed by atoms with E-state index < -0.39 is 5.91 Å². The largest absolute Gasteiger partial charge is 0.349 e. The number of carbonyl (C=O) groups excluding carboxylic acids is 2. The molecule has 0 bridgehead atoms. The Morgan fingerprint density at radius 1 is 1.14 bits per heavy atom. The lowest BCUT2D eigenvalue weighted by Gasteiger charge is -2.06. The molecular formula is C21H17Cl2N3O2S. The molecule has 1 aliphatic carbocycles. The van der Waals surface area contributed by atoms with E-state index in [4.69, 9.17) is 23.2 Å². The predicted octanol–water partition coefficient (Wildman–Crippen LogP) is 4.54. The van der Waals surface area contributed by atoms with Crippen molar-refractivity contribution in [2.24, 2.45) is 4.99 Å². The molecule has 0 unspecified atom stereocenters. The molecule has 1 aliphatic rings. The van der Waals surface area contributed by atoms with E-state index in [0.717, 1.165) is 18.4 Å². The van der Waals surface area contributed by atoms with Crippen molar-refractivity contribution in [1.82, 2.24) is 9.88 Å². The Kier molecular flexibility index (Phi) is 5.85. The molecule has 0 saturated heterocycles.